The fraction of sp³-hybridized carbons (Fsp3) is 0.500. The van der Waals surface area contributed by atoms with Crippen LogP contribution in [0.15, 0.2) is 24.4 Å². The van der Waals surface area contributed by atoms with Crippen molar-refractivity contribution in [1.82, 2.24) is 25.3 Å². The summed E-state index contributed by atoms with van der Waals surface area (Å²) in [5, 5.41) is 11.7. The molecule has 0 amide bonds. The molecular weight excluding hydrogens is 238 g/mol. The van der Waals surface area contributed by atoms with Gasteiger partial charge in [0.1, 0.15) is 0 Å². The van der Waals surface area contributed by atoms with Gasteiger partial charge in [0.05, 0.1) is 17.4 Å². The first-order valence-corrected chi connectivity index (χ1v) is 6.71. The molecule has 5 nitrogen and oxygen atoms in total. The first-order valence-electron chi connectivity index (χ1n) is 6.71. The van der Waals surface area contributed by atoms with E-state index in [1.165, 1.54) is 0 Å². The molecule has 19 heavy (non-hydrogen) atoms. The molecule has 2 heterocycles. The van der Waals surface area contributed by atoms with Crippen LogP contribution in [0.2, 0.25) is 0 Å². The van der Waals surface area contributed by atoms with Crippen molar-refractivity contribution in [3.8, 4) is 0 Å². The average Bonchev–Trinajstić information content (AvgIpc) is 2.80. The van der Waals surface area contributed by atoms with Crippen molar-refractivity contribution >= 4 is 0 Å². The van der Waals surface area contributed by atoms with Gasteiger partial charge in [-0.1, -0.05) is 18.2 Å². The molecule has 0 fully saturated rings. The van der Waals surface area contributed by atoms with Gasteiger partial charge in [0.15, 0.2) is 0 Å². The van der Waals surface area contributed by atoms with Crippen molar-refractivity contribution in [2.45, 2.75) is 32.7 Å². The van der Waals surface area contributed by atoms with E-state index in [9.17, 15) is 0 Å². The summed E-state index contributed by atoms with van der Waals surface area (Å²) in [6, 6.07) is 6.32. The molecular formula is C14H21N5. The second-order valence-corrected chi connectivity index (χ2v) is 4.80. The van der Waals surface area contributed by atoms with E-state index in [1.54, 1.807) is 4.68 Å². The second kappa shape index (κ2) is 6.43. The van der Waals surface area contributed by atoms with E-state index in [-0.39, 0.29) is 6.04 Å². The number of nitrogens with one attached hydrogen (secondary N) is 1. The van der Waals surface area contributed by atoms with E-state index < -0.39 is 0 Å². The minimum absolute atomic E-state index is 0.191. The number of aryl methyl sites for hydroxylation is 2. The Kier molecular flexibility index (Phi) is 4.63. The van der Waals surface area contributed by atoms with Gasteiger partial charge in [0.2, 0.25) is 0 Å². The Balaban J connectivity index is 2.15. The lowest BCUT2D eigenvalue weighted by Gasteiger charge is -2.17. The number of rotatable bonds is 6. The van der Waals surface area contributed by atoms with Gasteiger partial charge in [-0.3, -0.25) is 9.67 Å². The van der Waals surface area contributed by atoms with Gasteiger partial charge in [-0.25, -0.2) is 0 Å². The summed E-state index contributed by atoms with van der Waals surface area (Å²) in [6.07, 6.45) is 3.86. The van der Waals surface area contributed by atoms with Crippen LogP contribution in [0.25, 0.3) is 0 Å². The lowest BCUT2D eigenvalue weighted by atomic mass is 10.1. The highest BCUT2D eigenvalue weighted by molar-refractivity contribution is 5.15. The van der Waals surface area contributed by atoms with Crippen LogP contribution in [0.5, 0.6) is 0 Å². The van der Waals surface area contributed by atoms with Crippen LogP contribution in [0.1, 0.15) is 36.5 Å². The van der Waals surface area contributed by atoms with E-state index >= 15 is 0 Å². The molecule has 1 atom stereocenters. The van der Waals surface area contributed by atoms with Crippen LogP contribution in [0.4, 0.5) is 0 Å². The van der Waals surface area contributed by atoms with Gasteiger partial charge in [0.25, 0.3) is 0 Å². The van der Waals surface area contributed by atoms with Crippen molar-refractivity contribution in [2.75, 3.05) is 6.54 Å². The summed E-state index contributed by atoms with van der Waals surface area (Å²) in [7, 11) is 1.88. The number of aromatic nitrogens is 4. The van der Waals surface area contributed by atoms with E-state index in [4.69, 9.17) is 0 Å². The fourth-order valence-electron chi connectivity index (χ4n) is 2.06. The fourth-order valence-corrected chi connectivity index (χ4v) is 2.06. The Bertz CT molecular complexity index is 520. The van der Waals surface area contributed by atoms with Crippen LogP contribution in [-0.2, 0) is 13.5 Å². The molecule has 0 radical (unpaired) electrons. The smallest absolute Gasteiger partial charge is 0.0846 e. The molecule has 1 N–H and O–H groups in total. The van der Waals surface area contributed by atoms with Gasteiger partial charge in [-0.15, -0.1) is 5.10 Å². The maximum absolute atomic E-state index is 4.61. The lowest BCUT2D eigenvalue weighted by Crippen LogP contribution is -2.25. The standard InChI is InChI=1S/C14H21N5/c1-4-8-15-14(9-12-10-19(3)18-17-12)13-7-5-6-11(2)16-13/h5-7,10,14-15H,4,8-9H2,1-3H3. The minimum Gasteiger partial charge on any atom is -0.308 e. The van der Waals surface area contributed by atoms with E-state index in [0.717, 1.165) is 36.5 Å². The zero-order valence-electron chi connectivity index (χ0n) is 11.8. The van der Waals surface area contributed by atoms with Crippen molar-refractivity contribution in [3.63, 3.8) is 0 Å². The highest BCUT2D eigenvalue weighted by atomic mass is 15.4. The maximum Gasteiger partial charge on any atom is 0.0846 e. The number of pyridine rings is 1. The first kappa shape index (κ1) is 13.7. The number of hydrogen-bond acceptors (Lipinski definition) is 4. The largest absolute Gasteiger partial charge is 0.308 e. The van der Waals surface area contributed by atoms with Crippen molar-refractivity contribution in [3.05, 3.63) is 41.5 Å². The van der Waals surface area contributed by atoms with E-state index in [1.807, 2.05) is 26.2 Å². The lowest BCUT2D eigenvalue weighted by molar-refractivity contribution is 0.512. The van der Waals surface area contributed by atoms with Gasteiger partial charge in [-0.2, -0.15) is 0 Å². The molecule has 2 aromatic heterocycles. The summed E-state index contributed by atoms with van der Waals surface area (Å²) >= 11 is 0. The molecule has 0 bridgehead atoms. The number of nitrogens with zero attached hydrogens (tertiary/aromatic N) is 4. The second-order valence-electron chi connectivity index (χ2n) is 4.80. The first-order chi connectivity index (χ1) is 9.19. The van der Waals surface area contributed by atoms with Gasteiger partial charge in [0, 0.05) is 25.4 Å². The normalized spacial score (nSPS) is 12.6. The molecule has 0 spiro atoms. The molecule has 102 valence electrons. The van der Waals surface area contributed by atoms with Crippen LogP contribution >= 0.6 is 0 Å². The predicted molar refractivity (Wildman–Crippen MR) is 74.7 cm³/mol. The molecule has 2 aromatic rings. The molecule has 0 aliphatic rings. The molecule has 5 heteroatoms. The van der Waals surface area contributed by atoms with Gasteiger partial charge >= 0.3 is 0 Å². The Morgan fingerprint density at radius 2 is 2.21 bits per heavy atom. The predicted octanol–water partition coefficient (Wildman–Crippen LogP) is 1.80. The Hall–Kier alpha value is -1.75. The third kappa shape index (κ3) is 3.86. The molecule has 0 saturated carbocycles. The van der Waals surface area contributed by atoms with Crippen molar-refractivity contribution in [2.24, 2.45) is 7.05 Å². The van der Waals surface area contributed by atoms with Crippen LogP contribution in [-0.4, -0.2) is 26.5 Å². The molecule has 1 unspecified atom stereocenters. The highest BCUT2D eigenvalue weighted by Gasteiger charge is 2.14. The Labute approximate surface area is 114 Å². The topological polar surface area (TPSA) is 55.6 Å². The van der Waals surface area contributed by atoms with Crippen LogP contribution < -0.4 is 5.32 Å². The summed E-state index contributed by atoms with van der Waals surface area (Å²) in [5.74, 6) is 0. The average molecular weight is 259 g/mol. The third-order valence-corrected chi connectivity index (χ3v) is 2.97. The van der Waals surface area contributed by atoms with Crippen molar-refractivity contribution in [1.29, 1.82) is 0 Å². The van der Waals surface area contributed by atoms with Crippen molar-refractivity contribution < 1.29 is 0 Å². The quantitative estimate of drug-likeness (QED) is 0.859. The molecule has 0 aromatic carbocycles. The molecule has 0 aliphatic heterocycles. The Morgan fingerprint density at radius 3 is 2.84 bits per heavy atom. The maximum atomic E-state index is 4.61. The van der Waals surface area contributed by atoms with E-state index in [2.05, 4.69) is 39.7 Å². The zero-order valence-corrected chi connectivity index (χ0v) is 11.8. The summed E-state index contributed by atoms with van der Waals surface area (Å²) in [5.41, 5.74) is 3.10. The minimum atomic E-state index is 0.191. The molecule has 0 aliphatic carbocycles. The highest BCUT2D eigenvalue weighted by Crippen LogP contribution is 2.15. The van der Waals surface area contributed by atoms with Gasteiger partial charge < -0.3 is 5.32 Å². The monoisotopic (exact) mass is 259 g/mol. The Morgan fingerprint density at radius 1 is 1.37 bits per heavy atom. The van der Waals surface area contributed by atoms with Crippen LogP contribution in [0, 0.1) is 6.92 Å². The third-order valence-electron chi connectivity index (χ3n) is 2.97. The van der Waals surface area contributed by atoms with Crippen LogP contribution in [0.3, 0.4) is 0 Å². The van der Waals surface area contributed by atoms with E-state index in [0.29, 0.717) is 0 Å². The summed E-state index contributed by atoms with van der Waals surface area (Å²) in [4.78, 5) is 4.61. The molecule has 2 rings (SSSR count). The summed E-state index contributed by atoms with van der Waals surface area (Å²) in [6.45, 7) is 5.15. The summed E-state index contributed by atoms with van der Waals surface area (Å²) < 4.78 is 1.73. The zero-order chi connectivity index (χ0) is 13.7. The van der Waals surface area contributed by atoms with Gasteiger partial charge in [-0.05, 0) is 32.0 Å². The SMILES string of the molecule is CCCNC(Cc1cn(C)nn1)c1cccc(C)n1. The molecule has 0 saturated heterocycles. The number of hydrogen-bond donors (Lipinski definition) is 1.